The van der Waals surface area contributed by atoms with Crippen LogP contribution in [-0.4, -0.2) is 48.7 Å². The van der Waals surface area contributed by atoms with Crippen LogP contribution in [-0.2, 0) is 0 Å². The molecule has 5 nitrogen and oxygen atoms in total. The van der Waals surface area contributed by atoms with Gasteiger partial charge in [-0.25, -0.2) is 0 Å². The number of carbonyl (C=O) groups is 1. The lowest BCUT2D eigenvalue weighted by molar-refractivity contribution is 0.0980. The van der Waals surface area contributed by atoms with Crippen molar-refractivity contribution >= 4 is 56.3 Å². The fourth-order valence-electron chi connectivity index (χ4n) is 2.97. The van der Waals surface area contributed by atoms with Crippen LogP contribution in [0.15, 0.2) is 18.2 Å². The number of fused-ring (bicyclic) bond motifs is 1. The first-order chi connectivity index (χ1) is 13.4. The quantitative estimate of drug-likeness (QED) is 0.553. The maximum atomic E-state index is 12.6. The Bertz CT molecular complexity index is 821. The number of amides is 1. The molecule has 1 atom stereocenters. The highest BCUT2D eigenvalue weighted by atomic mass is 35.5. The van der Waals surface area contributed by atoms with Gasteiger partial charge in [-0.15, -0.1) is 11.3 Å². The predicted molar refractivity (Wildman–Crippen MR) is 123 cm³/mol. The van der Waals surface area contributed by atoms with Crippen molar-refractivity contribution in [2.75, 3.05) is 26.7 Å². The molecule has 0 aliphatic rings. The molecule has 1 aromatic heterocycles. The molecule has 1 heterocycles. The molecule has 0 saturated carbocycles. The van der Waals surface area contributed by atoms with Crippen molar-refractivity contribution < 1.29 is 9.53 Å². The highest BCUT2D eigenvalue weighted by Gasteiger charge is 2.19. The molecule has 0 aliphatic heterocycles. The molecule has 0 fully saturated rings. The van der Waals surface area contributed by atoms with Gasteiger partial charge in [0.25, 0.3) is 5.91 Å². The Morgan fingerprint density at radius 2 is 2.07 bits per heavy atom. The lowest BCUT2D eigenvalue weighted by Gasteiger charge is -2.20. The van der Waals surface area contributed by atoms with Gasteiger partial charge in [-0.1, -0.05) is 25.4 Å². The molecule has 1 unspecified atom stereocenters. The number of nitrogens with zero attached hydrogens (tertiary/aromatic N) is 1. The van der Waals surface area contributed by atoms with E-state index in [1.807, 2.05) is 18.2 Å². The van der Waals surface area contributed by atoms with Crippen molar-refractivity contribution in [3.8, 4) is 5.75 Å². The number of hydrogen-bond acceptors (Lipinski definition) is 5. The number of halogens is 1. The SMILES string of the molecule is CCN(CC)CCCC(C)NC(=S)NC(=O)c1sc2cc(OC)ccc2c1Cl. The third-order valence-electron chi connectivity index (χ3n) is 4.65. The monoisotopic (exact) mass is 441 g/mol. The summed E-state index contributed by atoms with van der Waals surface area (Å²) in [5, 5.41) is 7.53. The Morgan fingerprint density at radius 1 is 1.36 bits per heavy atom. The molecule has 28 heavy (non-hydrogen) atoms. The molecule has 8 heteroatoms. The second-order valence-electron chi connectivity index (χ2n) is 6.61. The summed E-state index contributed by atoms with van der Waals surface area (Å²) in [5.74, 6) is 0.436. The summed E-state index contributed by atoms with van der Waals surface area (Å²) in [5.41, 5.74) is 0. The fourth-order valence-corrected chi connectivity index (χ4v) is 4.71. The summed E-state index contributed by atoms with van der Waals surface area (Å²) < 4.78 is 6.13. The van der Waals surface area contributed by atoms with E-state index in [1.165, 1.54) is 11.3 Å². The molecule has 1 amide bonds. The van der Waals surface area contributed by atoms with Crippen molar-refractivity contribution in [1.82, 2.24) is 15.5 Å². The van der Waals surface area contributed by atoms with Gasteiger partial charge in [-0.2, -0.15) is 0 Å². The number of nitrogens with one attached hydrogen (secondary N) is 2. The Balaban J connectivity index is 1.90. The van der Waals surface area contributed by atoms with Crippen molar-refractivity contribution in [1.29, 1.82) is 0 Å². The van der Waals surface area contributed by atoms with Gasteiger partial charge in [0.1, 0.15) is 10.6 Å². The molecule has 1 aromatic carbocycles. The van der Waals surface area contributed by atoms with E-state index in [2.05, 4.69) is 36.3 Å². The second kappa shape index (κ2) is 11.0. The van der Waals surface area contributed by atoms with E-state index in [4.69, 9.17) is 28.6 Å². The van der Waals surface area contributed by atoms with E-state index in [-0.39, 0.29) is 11.9 Å². The third kappa shape index (κ3) is 6.04. The average molecular weight is 442 g/mol. The highest BCUT2D eigenvalue weighted by molar-refractivity contribution is 7.80. The molecule has 154 valence electrons. The van der Waals surface area contributed by atoms with E-state index in [0.717, 1.165) is 48.3 Å². The topological polar surface area (TPSA) is 53.6 Å². The predicted octanol–water partition coefficient (Wildman–Crippen LogP) is 4.68. The minimum atomic E-state index is -0.294. The van der Waals surface area contributed by atoms with Crippen LogP contribution in [0.4, 0.5) is 0 Å². The molecule has 2 aromatic rings. The van der Waals surface area contributed by atoms with Crippen LogP contribution in [0.5, 0.6) is 5.75 Å². The smallest absolute Gasteiger partial charge is 0.269 e. The molecule has 2 N–H and O–H groups in total. The van der Waals surface area contributed by atoms with E-state index in [1.54, 1.807) is 7.11 Å². The summed E-state index contributed by atoms with van der Waals surface area (Å²) in [4.78, 5) is 15.5. The first kappa shape index (κ1) is 22.9. The van der Waals surface area contributed by atoms with Crippen molar-refractivity contribution in [3.63, 3.8) is 0 Å². The summed E-state index contributed by atoms with van der Waals surface area (Å²) in [6.07, 6.45) is 2.06. The minimum absolute atomic E-state index is 0.186. The van der Waals surface area contributed by atoms with Gasteiger partial charge in [0, 0.05) is 16.1 Å². The number of hydrogen-bond donors (Lipinski definition) is 2. The van der Waals surface area contributed by atoms with E-state index in [9.17, 15) is 4.79 Å². The Labute approximate surface area is 181 Å². The lowest BCUT2D eigenvalue weighted by atomic mass is 10.2. The summed E-state index contributed by atoms with van der Waals surface area (Å²) in [6, 6.07) is 5.75. The molecule has 0 radical (unpaired) electrons. The lowest BCUT2D eigenvalue weighted by Crippen LogP contribution is -2.43. The zero-order valence-corrected chi connectivity index (χ0v) is 19.2. The molecule has 0 spiro atoms. The molecular weight excluding hydrogens is 414 g/mol. The van der Waals surface area contributed by atoms with Gasteiger partial charge in [-0.3, -0.25) is 10.1 Å². The number of methoxy groups -OCH3 is 1. The summed E-state index contributed by atoms with van der Waals surface area (Å²) in [6.45, 7) is 9.61. The summed E-state index contributed by atoms with van der Waals surface area (Å²) >= 11 is 13.0. The van der Waals surface area contributed by atoms with Crippen LogP contribution in [0, 0.1) is 0 Å². The van der Waals surface area contributed by atoms with Gasteiger partial charge in [-0.05, 0) is 69.8 Å². The van der Waals surface area contributed by atoms with Gasteiger partial charge in [0.2, 0.25) is 0 Å². The largest absolute Gasteiger partial charge is 0.497 e. The third-order valence-corrected chi connectivity index (χ3v) is 6.53. The maximum Gasteiger partial charge on any atom is 0.269 e. The van der Waals surface area contributed by atoms with Crippen LogP contribution < -0.4 is 15.4 Å². The van der Waals surface area contributed by atoms with Gasteiger partial charge < -0.3 is 15.0 Å². The standard InChI is InChI=1S/C20H28ClN3O2S2/c1-5-24(6-2)11-7-8-13(3)22-20(27)23-19(25)18-17(21)15-10-9-14(26-4)12-16(15)28-18/h9-10,12-13H,5-8,11H2,1-4H3,(H2,22,23,25,27). The second-order valence-corrected chi connectivity index (χ2v) is 8.44. The van der Waals surface area contributed by atoms with E-state index in [0.29, 0.717) is 15.0 Å². The van der Waals surface area contributed by atoms with Crippen LogP contribution in [0.1, 0.15) is 43.3 Å². The zero-order valence-electron chi connectivity index (χ0n) is 16.8. The van der Waals surface area contributed by atoms with Crippen molar-refractivity contribution in [3.05, 3.63) is 28.1 Å². The van der Waals surface area contributed by atoms with Crippen molar-refractivity contribution in [2.45, 2.75) is 39.7 Å². The Hall–Kier alpha value is -1.41. The van der Waals surface area contributed by atoms with Crippen molar-refractivity contribution in [2.24, 2.45) is 0 Å². The van der Waals surface area contributed by atoms with Crippen LogP contribution >= 0.6 is 35.2 Å². The number of carbonyl (C=O) groups excluding carboxylic acids is 1. The Kier molecular flexibility index (Phi) is 8.95. The molecule has 0 saturated heterocycles. The number of thiophene rings is 1. The normalized spacial score (nSPS) is 12.2. The first-order valence-corrected chi connectivity index (χ1v) is 11.1. The Morgan fingerprint density at radius 3 is 2.71 bits per heavy atom. The van der Waals surface area contributed by atoms with Crippen LogP contribution in [0.25, 0.3) is 10.1 Å². The number of ether oxygens (including phenoxy) is 1. The van der Waals surface area contributed by atoms with Gasteiger partial charge in [0.15, 0.2) is 5.11 Å². The van der Waals surface area contributed by atoms with Crippen LogP contribution in [0.3, 0.4) is 0 Å². The number of rotatable bonds is 9. The fraction of sp³-hybridized carbons (Fsp3) is 0.500. The van der Waals surface area contributed by atoms with E-state index < -0.39 is 0 Å². The molecular formula is C20H28ClN3O2S2. The average Bonchev–Trinajstić information content (AvgIpc) is 3.01. The zero-order chi connectivity index (χ0) is 20.7. The molecule has 0 aliphatic carbocycles. The van der Waals surface area contributed by atoms with Gasteiger partial charge in [0.05, 0.1) is 12.1 Å². The van der Waals surface area contributed by atoms with Crippen LogP contribution in [0.2, 0.25) is 5.02 Å². The maximum absolute atomic E-state index is 12.6. The van der Waals surface area contributed by atoms with E-state index >= 15 is 0 Å². The van der Waals surface area contributed by atoms with Gasteiger partial charge >= 0.3 is 0 Å². The minimum Gasteiger partial charge on any atom is -0.497 e. The number of benzene rings is 1. The highest BCUT2D eigenvalue weighted by Crippen LogP contribution is 2.37. The summed E-state index contributed by atoms with van der Waals surface area (Å²) in [7, 11) is 1.61. The molecule has 0 bridgehead atoms. The molecule has 2 rings (SSSR count). The number of thiocarbonyl (C=S) groups is 1. The first-order valence-electron chi connectivity index (χ1n) is 9.49.